The van der Waals surface area contributed by atoms with Gasteiger partial charge in [-0.1, -0.05) is 30.3 Å². The van der Waals surface area contributed by atoms with Crippen molar-refractivity contribution in [1.82, 2.24) is 9.80 Å². The van der Waals surface area contributed by atoms with E-state index in [9.17, 15) is 9.59 Å². The first kappa shape index (κ1) is 22.6. The first-order chi connectivity index (χ1) is 14.8. The summed E-state index contributed by atoms with van der Waals surface area (Å²) in [5.74, 6) is 0.656. The van der Waals surface area contributed by atoms with Crippen LogP contribution < -0.4 is 15.2 Å². The lowest BCUT2D eigenvalue weighted by Crippen LogP contribution is -2.30. The van der Waals surface area contributed by atoms with Gasteiger partial charge in [0, 0.05) is 39.0 Å². The lowest BCUT2D eigenvalue weighted by Gasteiger charge is -2.19. The van der Waals surface area contributed by atoms with Crippen molar-refractivity contribution in [3.8, 4) is 11.5 Å². The van der Waals surface area contributed by atoms with Crippen molar-refractivity contribution in [3.63, 3.8) is 0 Å². The van der Waals surface area contributed by atoms with E-state index in [1.165, 1.54) is 12.5 Å². The first-order valence-corrected chi connectivity index (χ1v) is 10.4. The summed E-state index contributed by atoms with van der Waals surface area (Å²) in [5.41, 5.74) is 8.94. The van der Waals surface area contributed by atoms with Crippen LogP contribution in [0, 0.1) is 5.92 Å². The van der Waals surface area contributed by atoms with Gasteiger partial charge in [-0.25, -0.2) is 0 Å². The standard InChI is InChI=1S/C24H31N3O4/c1-16(28)27-14-20(21(15-27)24(25)29)19-8-5-17(6-9-19)12-26(2)13-18-7-10-22(30-3)23(11-18)31-4/h5-11,20-21H,12-15H2,1-4H3,(H2,25,29)/t20-,21+/m1/s1. The zero-order chi connectivity index (χ0) is 22.5. The summed E-state index contributed by atoms with van der Waals surface area (Å²) >= 11 is 0. The fourth-order valence-electron chi connectivity index (χ4n) is 4.22. The number of hydrogen-bond acceptors (Lipinski definition) is 5. The van der Waals surface area contributed by atoms with Crippen LogP contribution in [0.2, 0.25) is 0 Å². The smallest absolute Gasteiger partial charge is 0.223 e. The largest absolute Gasteiger partial charge is 0.493 e. The fourth-order valence-corrected chi connectivity index (χ4v) is 4.22. The summed E-state index contributed by atoms with van der Waals surface area (Å²) in [4.78, 5) is 27.5. The lowest BCUT2D eigenvalue weighted by atomic mass is 9.88. The first-order valence-electron chi connectivity index (χ1n) is 10.4. The molecule has 1 heterocycles. The van der Waals surface area contributed by atoms with Crippen LogP contribution in [0.5, 0.6) is 11.5 Å². The minimum Gasteiger partial charge on any atom is -0.493 e. The summed E-state index contributed by atoms with van der Waals surface area (Å²) in [5, 5.41) is 0. The van der Waals surface area contributed by atoms with Crippen molar-refractivity contribution < 1.29 is 19.1 Å². The van der Waals surface area contributed by atoms with Gasteiger partial charge in [0.15, 0.2) is 11.5 Å². The van der Waals surface area contributed by atoms with E-state index in [4.69, 9.17) is 15.2 Å². The SMILES string of the molecule is COc1ccc(CN(C)Cc2ccc([C@H]3CN(C(C)=O)C[C@@H]3C(N)=O)cc2)cc1OC. The van der Waals surface area contributed by atoms with Gasteiger partial charge in [-0.3, -0.25) is 14.5 Å². The molecule has 3 rings (SSSR count). The highest BCUT2D eigenvalue weighted by atomic mass is 16.5. The number of benzene rings is 2. The maximum Gasteiger partial charge on any atom is 0.223 e. The van der Waals surface area contributed by atoms with E-state index >= 15 is 0 Å². The molecule has 0 bridgehead atoms. The number of amides is 2. The van der Waals surface area contributed by atoms with Crippen LogP contribution in [0.4, 0.5) is 0 Å². The molecule has 0 aromatic heterocycles. The van der Waals surface area contributed by atoms with Gasteiger partial charge in [0.1, 0.15) is 0 Å². The lowest BCUT2D eigenvalue weighted by molar-refractivity contribution is -0.128. The van der Waals surface area contributed by atoms with E-state index in [1.807, 2.05) is 30.3 Å². The monoisotopic (exact) mass is 425 g/mol. The molecule has 0 radical (unpaired) electrons. The second-order valence-electron chi connectivity index (χ2n) is 8.14. The number of carbonyl (C=O) groups is 2. The number of methoxy groups -OCH3 is 2. The summed E-state index contributed by atoms with van der Waals surface area (Å²) in [6.45, 7) is 3.99. The van der Waals surface area contributed by atoms with Crippen molar-refractivity contribution in [2.75, 3.05) is 34.4 Å². The molecule has 1 aliphatic rings. The molecule has 2 aromatic rings. The minimum atomic E-state index is -0.354. The molecular weight excluding hydrogens is 394 g/mol. The van der Waals surface area contributed by atoms with E-state index in [0.29, 0.717) is 18.8 Å². The molecule has 2 aromatic carbocycles. The van der Waals surface area contributed by atoms with Crippen LogP contribution in [-0.4, -0.2) is 56.0 Å². The van der Waals surface area contributed by atoms with E-state index in [2.05, 4.69) is 24.1 Å². The predicted octanol–water partition coefficient (Wildman–Crippen LogP) is 2.38. The Hall–Kier alpha value is -3.06. The number of nitrogens with two attached hydrogens (primary N) is 1. The normalized spacial score (nSPS) is 18.3. The number of primary amides is 1. The maximum absolute atomic E-state index is 11.9. The number of rotatable bonds is 8. The summed E-state index contributed by atoms with van der Waals surface area (Å²) < 4.78 is 10.7. The zero-order valence-electron chi connectivity index (χ0n) is 18.6. The molecule has 31 heavy (non-hydrogen) atoms. The van der Waals surface area contributed by atoms with Crippen molar-refractivity contribution in [2.24, 2.45) is 11.7 Å². The Bertz CT molecular complexity index is 929. The number of carbonyl (C=O) groups excluding carboxylic acids is 2. The molecule has 1 aliphatic heterocycles. The van der Waals surface area contributed by atoms with Crippen LogP contribution in [0.15, 0.2) is 42.5 Å². The Morgan fingerprint density at radius 1 is 1.00 bits per heavy atom. The van der Waals surface area contributed by atoms with E-state index in [0.717, 1.165) is 30.0 Å². The maximum atomic E-state index is 11.9. The van der Waals surface area contributed by atoms with Crippen molar-refractivity contribution in [1.29, 1.82) is 0 Å². The molecule has 0 saturated carbocycles. The molecule has 0 spiro atoms. The number of nitrogens with zero attached hydrogens (tertiary/aromatic N) is 2. The number of hydrogen-bond donors (Lipinski definition) is 1. The molecule has 2 N–H and O–H groups in total. The van der Waals surface area contributed by atoms with Gasteiger partial charge < -0.3 is 20.1 Å². The van der Waals surface area contributed by atoms with E-state index in [1.54, 1.807) is 19.1 Å². The Morgan fingerprint density at radius 3 is 2.19 bits per heavy atom. The van der Waals surface area contributed by atoms with Crippen LogP contribution in [0.1, 0.15) is 29.5 Å². The second kappa shape index (κ2) is 9.83. The summed E-state index contributed by atoms with van der Waals surface area (Å²) in [6, 6.07) is 14.2. The highest BCUT2D eigenvalue weighted by Gasteiger charge is 2.38. The molecule has 7 heteroatoms. The van der Waals surface area contributed by atoms with Gasteiger partial charge in [0.25, 0.3) is 0 Å². The van der Waals surface area contributed by atoms with Gasteiger partial charge in [-0.2, -0.15) is 0 Å². The average molecular weight is 426 g/mol. The van der Waals surface area contributed by atoms with Gasteiger partial charge in [0.05, 0.1) is 20.1 Å². The predicted molar refractivity (Wildman–Crippen MR) is 119 cm³/mol. The molecule has 2 atom stereocenters. The molecule has 166 valence electrons. The highest BCUT2D eigenvalue weighted by Crippen LogP contribution is 2.33. The summed E-state index contributed by atoms with van der Waals surface area (Å²) in [6.07, 6.45) is 0. The van der Waals surface area contributed by atoms with E-state index in [-0.39, 0.29) is 23.7 Å². The van der Waals surface area contributed by atoms with Crippen LogP contribution >= 0.6 is 0 Å². The average Bonchev–Trinajstić information content (AvgIpc) is 3.20. The Morgan fingerprint density at radius 2 is 1.61 bits per heavy atom. The highest BCUT2D eigenvalue weighted by molar-refractivity contribution is 5.81. The van der Waals surface area contributed by atoms with Gasteiger partial charge in [0.2, 0.25) is 11.8 Å². The quantitative estimate of drug-likeness (QED) is 0.702. The summed E-state index contributed by atoms with van der Waals surface area (Å²) in [7, 11) is 5.33. The Kier molecular flexibility index (Phi) is 7.17. The second-order valence-corrected chi connectivity index (χ2v) is 8.14. The Labute approximate surface area is 183 Å². The topological polar surface area (TPSA) is 85.1 Å². The molecular formula is C24H31N3O4. The molecule has 1 saturated heterocycles. The number of ether oxygens (including phenoxy) is 2. The van der Waals surface area contributed by atoms with Crippen LogP contribution in [-0.2, 0) is 22.7 Å². The van der Waals surface area contributed by atoms with Crippen molar-refractivity contribution in [3.05, 3.63) is 59.2 Å². The van der Waals surface area contributed by atoms with E-state index < -0.39 is 0 Å². The van der Waals surface area contributed by atoms with Gasteiger partial charge in [-0.05, 0) is 35.9 Å². The molecule has 0 aliphatic carbocycles. The van der Waals surface area contributed by atoms with Gasteiger partial charge in [-0.15, -0.1) is 0 Å². The van der Waals surface area contributed by atoms with Crippen molar-refractivity contribution in [2.45, 2.75) is 25.9 Å². The third kappa shape index (κ3) is 5.35. The van der Waals surface area contributed by atoms with Crippen molar-refractivity contribution >= 4 is 11.8 Å². The number of likely N-dealkylation sites (tertiary alicyclic amines) is 1. The minimum absolute atomic E-state index is 0.0258. The third-order valence-electron chi connectivity index (χ3n) is 5.89. The van der Waals surface area contributed by atoms with Gasteiger partial charge >= 0.3 is 0 Å². The molecule has 1 fully saturated rings. The zero-order valence-corrected chi connectivity index (χ0v) is 18.6. The third-order valence-corrected chi connectivity index (χ3v) is 5.89. The fraction of sp³-hybridized carbons (Fsp3) is 0.417. The molecule has 0 unspecified atom stereocenters. The molecule has 2 amide bonds. The van der Waals surface area contributed by atoms with Crippen LogP contribution in [0.25, 0.3) is 0 Å². The molecule has 7 nitrogen and oxygen atoms in total. The Balaban J connectivity index is 1.65. The van der Waals surface area contributed by atoms with Crippen LogP contribution in [0.3, 0.4) is 0 Å².